The van der Waals surface area contributed by atoms with E-state index in [1.807, 2.05) is 0 Å². The van der Waals surface area contributed by atoms with Crippen LogP contribution < -0.4 is 10.1 Å². The first-order chi connectivity index (χ1) is 9.54. The number of hydrogen-bond donors (Lipinski definition) is 2. The fourth-order valence-corrected chi connectivity index (χ4v) is 2.59. The van der Waals surface area contributed by atoms with Crippen LogP contribution in [0.5, 0.6) is 5.75 Å². The smallest absolute Gasteiger partial charge is 0.258 e. The number of halogens is 2. The Balaban J connectivity index is 1.84. The van der Waals surface area contributed by atoms with Crippen molar-refractivity contribution in [2.75, 3.05) is 13.2 Å². The van der Waals surface area contributed by atoms with Crippen molar-refractivity contribution in [2.24, 2.45) is 0 Å². The maximum absolute atomic E-state index is 11.9. The Morgan fingerprint density at radius 3 is 2.65 bits per heavy atom. The average molecular weight is 318 g/mol. The molecule has 110 valence electrons. The molecule has 1 amide bonds. The van der Waals surface area contributed by atoms with Crippen LogP contribution in [0.3, 0.4) is 0 Å². The van der Waals surface area contributed by atoms with Gasteiger partial charge in [-0.2, -0.15) is 0 Å². The molecule has 6 heteroatoms. The van der Waals surface area contributed by atoms with Gasteiger partial charge in [-0.15, -0.1) is 0 Å². The lowest BCUT2D eigenvalue weighted by molar-refractivity contribution is -0.126. The molecule has 1 saturated carbocycles. The van der Waals surface area contributed by atoms with Gasteiger partial charge in [0.25, 0.3) is 5.91 Å². The second kappa shape index (κ2) is 6.66. The third-order valence-corrected chi connectivity index (χ3v) is 4.31. The van der Waals surface area contributed by atoms with Crippen LogP contribution in [0.2, 0.25) is 10.0 Å². The van der Waals surface area contributed by atoms with Crippen LogP contribution in [0.1, 0.15) is 25.7 Å². The molecule has 1 fully saturated rings. The van der Waals surface area contributed by atoms with Gasteiger partial charge in [0.2, 0.25) is 0 Å². The van der Waals surface area contributed by atoms with Crippen molar-refractivity contribution < 1.29 is 14.6 Å². The third kappa shape index (κ3) is 3.78. The fourth-order valence-electron chi connectivity index (χ4n) is 2.30. The molecule has 4 nitrogen and oxygen atoms in total. The van der Waals surface area contributed by atoms with Gasteiger partial charge in [0.05, 0.1) is 10.0 Å². The summed E-state index contributed by atoms with van der Waals surface area (Å²) in [6.45, 7) is -0.000923. The summed E-state index contributed by atoms with van der Waals surface area (Å²) in [7, 11) is 0. The molecule has 1 aliphatic rings. The van der Waals surface area contributed by atoms with E-state index in [0.717, 1.165) is 19.3 Å². The molecule has 2 rings (SSSR count). The normalized spacial score (nSPS) is 16.4. The van der Waals surface area contributed by atoms with E-state index in [1.165, 1.54) is 0 Å². The zero-order valence-corrected chi connectivity index (χ0v) is 12.5. The minimum absolute atomic E-state index is 0.0773. The first-order valence-corrected chi connectivity index (χ1v) is 7.30. The molecule has 0 spiro atoms. The van der Waals surface area contributed by atoms with Gasteiger partial charge >= 0.3 is 0 Å². The van der Waals surface area contributed by atoms with Crippen molar-refractivity contribution in [2.45, 2.75) is 31.2 Å². The first kappa shape index (κ1) is 15.4. The van der Waals surface area contributed by atoms with Crippen LogP contribution in [0.4, 0.5) is 0 Å². The second-order valence-electron chi connectivity index (χ2n) is 5.02. The summed E-state index contributed by atoms with van der Waals surface area (Å²) in [6, 6.07) is 4.86. The first-order valence-electron chi connectivity index (χ1n) is 6.54. The van der Waals surface area contributed by atoms with Crippen molar-refractivity contribution in [1.82, 2.24) is 5.32 Å². The van der Waals surface area contributed by atoms with E-state index in [9.17, 15) is 4.79 Å². The molecule has 0 unspecified atom stereocenters. The van der Waals surface area contributed by atoms with Crippen LogP contribution in [0.25, 0.3) is 0 Å². The van der Waals surface area contributed by atoms with E-state index in [-0.39, 0.29) is 24.7 Å². The van der Waals surface area contributed by atoms with E-state index in [0.29, 0.717) is 22.2 Å². The summed E-state index contributed by atoms with van der Waals surface area (Å²) in [5.41, 5.74) is -0.243. The monoisotopic (exact) mass is 317 g/mol. The third-order valence-electron chi connectivity index (χ3n) is 3.57. The highest BCUT2D eigenvalue weighted by molar-refractivity contribution is 6.42. The summed E-state index contributed by atoms with van der Waals surface area (Å²) in [5.74, 6) is 0.309. The number of carbonyl (C=O) groups excluding carboxylic acids is 1. The van der Waals surface area contributed by atoms with Crippen LogP contribution in [0, 0.1) is 0 Å². The molecule has 0 aliphatic heterocycles. The molecule has 0 bridgehead atoms. The maximum Gasteiger partial charge on any atom is 0.258 e. The fraction of sp³-hybridized carbons (Fsp3) is 0.500. The zero-order chi connectivity index (χ0) is 14.6. The molecule has 20 heavy (non-hydrogen) atoms. The molecule has 1 aromatic carbocycles. The number of carbonyl (C=O) groups is 1. The molecule has 1 aliphatic carbocycles. The highest BCUT2D eigenvalue weighted by Gasteiger charge is 2.37. The van der Waals surface area contributed by atoms with Crippen LogP contribution in [-0.4, -0.2) is 29.8 Å². The Labute approximate surface area is 128 Å². The number of benzene rings is 1. The Bertz CT molecular complexity index is 489. The van der Waals surface area contributed by atoms with Crippen molar-refractivity contribution in [1.29, 1.82) is 0 Å². The van der Waals surface area contributed by atoms with Gasteiger partial charge in [0.15, 0.2) is 6.61 Å². The zero-order valence-electron chi connectivity index (χ0n) is 11.0. The molecular formula is C14H17Cl2NO3. The predicted octanol–water partition coefficient (Wildman–Crippen LogP) is 2.79. The number of aliphatic hydroxyl groups is 1. The number of nitrogens with one attached hydrogen (secondary N) is 1. The SMILES string of the molecule is O=C(COc1ccc(Cl)c(Cl)c1)NC1(CCO)CCC1. The summed E-state index contributed by atoms with van der Waals surface area (Å²) in [5, 5.41) is 12.8. The number of amides is 1. The minimum atomic E-state index is -0.243. The van der Waals surface area contributed by atoms with Crippen molar-refractivity contribution in [3.8, 4) is 5.75 Å². The number of hydrogen-bond acceptors (Lipinski definition) is 3. The van der Waals surface area contributed by atoms with Crippen LogP contribution in [-0.2, 0) is 4.79 Å². The highest BCUT2D eigenvalue weighted by atomic mass is 35.5. The number of aliphatic hydroxyl groups excluding tert-OH is 1. The Kier molecular flexibility index (Phi) is 5.13. The average Bonchev–Trinajstić information content (AvgIpc) is 2.38. The van der Waals surface area contributed by atoms with Crippen molar-refractivity contribution in [3.05, 3.63) is 28.2 Å². The van der Waals surface area contributed by atoms with E-state index < -0.39 is 0 Å². The summed E-state index contributed by atoms with van der Waals surface area (Å²) >= 11 is 11.7. The standard InChI is InChI=1S/C14H17Cl2NO3/c15-11-3-2-10(8-12(11)16)20-9-13(19)17-14(6-7-18)4-1-5-14/h2-3,8,18H,1,4-7,9H2,(H,17,19). The molecule has 0 aromatic heterocycles. The lowest BCUT2D eigenvalue weighted by Gasteiger charge is -2.42. The summed E-state index contributed by atoms with van der Waals surface area (Å²) in [6.07, 6.45) is 3.48. The molecule has 0 heterocycles. The number of rotatable bonds is 6. The van der Waals surface area contributed by atoms with Crippen molar-refractivity contribution in [3.63, 3.8) is 0 Å². The van der Waals surface area contributed by atoms with Gasteiger partial charge in [-0.3, -0.25) is 4.79 Å². The topological polar surface area (TPSA) is 58.6 Å². The van der Waals surface area contributed by atoms with Gasteiger partial charge < -0.3 is 15.2 Å². The lowest BCUT2D eigenvalue weighted by Crippen LogP contribution is -2.55. The molecule has 0 saturated heterocycles. The Hall–Kier alpha value is -0.970. The van der Waals surface area contributed by atoms with E-state index in [1.54, 1.807) is 18.2 Å². The summed E-state index contributed by atoms with van der Waals surface area (Å²) in [4.78, 5) is 11.9. The van der Waals surface area contributed by atoms with Gasteiger partial charge in [0, 0.05) is 18.2 Å². The van der Waals surface area contributed by atoms with Crippen LogP contribution >= 0.6 is 23.2 Å². The molecule has 1 aromatic rings. The molecular weight excluding hydrogens is 301 g/mol. The van der Waals surface area contributed by atoms with Crippen LogP contribution in [0.15, 0.2) is 18.2 Å². The van der Waals surface area contributed by atoms with Gasteiger partial charge in [-0.25, -0.2) is 0 Å². The van der Waals surface area contributed by atoms with Gasteiger partial charge in [-0.1, -0.05) is 23.2 Å². The van der Waals surface area contributed by atoms with Gasteiger partial charge in [-0.05, 0) is 37.8 Å². The van der Waals surface area contributed by atoms with Crippen molar-refractivity contribution >= 4 is 29.1 Å². The predicted molar refractivity (Wildman–Crippen MR) is 78.4 cm³/mol. The minimum Gasteiger partial charge on any atom is -0.484 e. The van der Waals surface area contributed by atoms with E-state index in [2.05, 4.69) is 5.32 Å². The van der Waals surface area contributed by atoms with E-state index in [4.69, 9.17) is 33.0 Å². The Morgan fingerprint density at radius 2 is 2.10 bits per heavy atom. The largest absolute Gasteiger partial charge is 0.484 e. The lowest BCUT2D eigenvalue weighted by atomic mass is 9.74. The van der Waals surface area contributed by atoms with Gasteiger partial charge in [0.1, 0.15) is 5.75 Å². The second-order valence-corrected chi connectivity index (χ2v) is 5.83. The van der Waals surface area contributed by atoms with E-state index >= 15 is 0 Å². The quantitative estimate of drug-likeness (QED) is 0.848. The number of ether oxygens (including phenoxy) is 1. The molecule has 0 atom stereocenters. The molecule has 2 N–H and O–H groups in total. The highest BCUT2D eigenvalue weighted by Crippen LogP contribution is 2.34. The summed E-state index contributed by atoms with van der Waals surface area (Å²) < 4.78 is 5.38. The molecule has 0 radical (unpaired) electrons. The Morgan fingerprint density at radius 1 is 1.35 bits per heavy atom. The maximum atomic E-state index is 11.9.